The van der Waals surface area contributed by atoms with Crippen LogP contribution in [-0.2, 0) is 6.42 Å². The van der Waals surface area contributed by atoms with E-state index in [2.05, 4.69) is 17.2 Å². The van der Waals surface area contributed by atoms with Gasteiger partial charge in [-0.05, 0) is 38.1 Å². The van der Waals surface area contributed by atoms with Gasteiger partial charge < -0.3 is 5.32 Å². The molecule has 0 aliphatic heterocycles. The third-order valence-corrected chi connectivity index (χ3v) is 2.34. The van der Waals surface area contributed by atoms with Gasteiger partial charge in [0.05, 0.1) is 0 Å². The van der Waals surface area contributed by atoms with Crippen molar-refractivity contribution in [2.75, 3.05) is 7.05 Å². The van der Waals surface area contributed by atoms with Crippen LogP contribution in [0.25, 0.3) is 0 Å². The quantitative estimate of drug-likeness (QED) is 0.773. The predicted octanol–water partition coefficient (Wildman–Crippen LogP) is 2.51. The topological polar surface area (TPSA) is 12.0 Å². The van der Waals surface area contributed by atoms with Gasteiger partial charge in [0.1, 0.15) is 11.6 Å². The molecular formula is C13H15F2N. The molecule has 0 aromatic heterocycles. The van der Waals surface area contributed by atoms with Crippen molar-refractivity contribution in [1.29, 1.82) is 0 Å². The van der Waals surface area contributed by atoms with E-state index >= 15 is 0 Å². The molecule has 1 aromatic carbocycles. The molecule has 1 rings (SSSR count). The van der Waals surface area contributed by atoms with E-state index in [0.717, 1.165) is 6.07 Å². The second kappa shape index (κ2) is 6.24. The van der Waals surface area contributed by atoms with E-state index < -0.39 is 11.6 Å². The summed E-state index contributed by atoms with van der Waals surface area (Å²) in [5, 5.41) is 3.08. The summed E-state index contributed by atoms with van der Waals surface area (Å²) in [5.74, 6) is 4.68. The summed E-state index contributed by atoms with van der Waals surface area (Å²) in [6, 6.07) is 3.71. The Kier molecular flexibility index (Phi) is 4.94. The monoisotopic (exact) mass is 223 g/mol. The Morgan fingerprint density at radius 1 is 1.25 bits per heavy atom. The second-order valence-electron chi connectivity index (χ2n) is 3.60. The normalized spacial score (nSPS) is 11.8. The maximum atomic E-state index is 12.9. The highest BCUT2D eigenvalue weighted by Crippen LogP contribution is 2.11. The maximum Gasteiger partial charge on any atom is 0.126 e. The van der Waals surface area contributed by atoms with Gasteiger partial charge in [-0.25, -0.2) is 8.78 Å². The number of halogens is 2. The molecule has 0 saturated heterocycles. The molecule has 1 nitrogen and oxygen atoms in total. The first-order valence-electron chi connectivity index (χ1n) is 5.17. The van der Waals surface area contributed by atoms with Crippen LogP contribution < -0.4 is 5.32 Å². The van der Waals surface area contributed by atoms with Crippen LogP contribution in [0.15, 0.2) is 18.2 Å². The summed E-state index contributed by atoms with van der Waals surface area (Å²) in [4.78, 5) is 0. The van der Waals surface area contributed by atoms with E-state index in [-0.39, 0.29) is 6.04 Å². The molecule has 1 aromatic rings. The molecule has 1 unspecified atom stereocenters. The smallest absolute Gasteiger partial charge is 0.126 e. The van der Waals surface area contributed by atoms with Crippen molar-refractivity contribution in [3.63, 3.8) is 0 Å². The maximum absolute atomic E-state index is 12.9. The van der Waals surface area contributed by atoms with E-state index in [1.165, 1.54) is 12.1 Å². The largest absolute Gasteiger partial charge is 0.316 e. The second-order valence-corrected chi connectivity index (χ2v) is 3.60. The number of hydrogen-bond acceptors (Lipinski definition) is 1. The van der Waals surface area contributed by atoms with Crippen molar-refractivity contribution in [3.8, 4) is 11.8 Å². The molecule has 1 atom stereocenters. The summed E-state index contributed by atoms with van der Waals surface area (Å²) in [7, 11) is 1.82. The van der Waals surface area contributed by atoms with Crippen LogP contribution in [0, 0.1) is 23.5 Å². The van der Waals surface area contributed by atoms with E-state index in [4.69, 9.17) is 0 Å². The fraction of sp³-hybridized carbons (Fsp3) is 0.385. The molecule has 0 aliphatic rings. The molecular weight excluding hydrogens is 208 g/mol. The average Bonchev–Trinajstić information content (AvgIpc) is 2.22. The number of likely N-dealkylation sites (N-methyl/N-ethyl adjacent to an activating group) is 1. The lowest BCUT2D eigenvalue weighted by molar-refractivity contribution is 0.554. The molecule has 0 fully saturated rings. The first kappa shape index (κ1) is 12.7. The number of rotatable bonds is 4. The first-order valence-corrected chi connectivity index (χ1v) is 5.17. The lowest BCUT2D eigenvalue weighted by Gasteiger charge is -2.13. The summed E-state index contributed by atoms with van der Waals surface area (Å²) < 4.78 is 25.9. The highest BCUT2D eigenvalue weighted by Gasteiger charge is 2.07. The van der Waals surface area contributed by atoms with Crippen molar-refractivity contribution >= 4 is 0 Å². The van der Waals surface area contributed by atoms with Gasteiger partial charge in [0.15, 0.2) is 0 Å². The molecule has 16 heavy (non-hydrogen) atoms. The van der Waals surface area contributed by atoms with Crippen molar-refractivity contribution in [1.82, 2.24) is 5.32 Å². The molecule has 0 bridgehead atoms. The Morgan fingerprint density at radius 3 is 2.38 bits per heavy atom. The lowest BCUT2D eigenvalue weighted by atomic mass is 10.0. The number of benzene rings is 1. The highest BCUT2D eigenvalue weighted by molar-refractivity contribution is 5.19. The van der Waals surface area contributed by atoms with Gasteiger partial charge in [0.25, 0.3) is 0 Å². The molecule has 0 radical (unpaired) electrons. The van der Waals surface area contributed by atoms with E-state index in [9.17, 15) is 8.78 Å². The summed E-state index contributed by atoms with van der Waals surface area (Å²) in [6.45, 7) is 1.77. The minimum atomic E-state index is -0.536. The van der Waals surface area contributed by atoms with Gasteiger partial charge >= 0.3 is 0 Å². The van der Waals surface area contributed by atoms with Gasteiger partial charge in [-0.2, -0.15) is 0 Å². The van der Waals surface area contributed by atoms with Crippen LogP contribution in [0.5, 0.6) is 0 Å². The number of hydrogen-bond donors (Lipinski definition) is 1. The summed E-state index contributed by atoms with van der Waals surface area (Å²) in [6.07, 6.45) is 1.24. The van der Waals surface area contributed by atoms with Gasteiger partial charge in [0, 0.05) is 18.5 Å². The minimum Gasteiger partial charge on any atom is -0.316 e. The van der Waals surface area contributed by atoms with Crippen molar-refractivity contribution in [2.24, 2.45) is 0 Å². The van der Waals surface area contributed by atoms with E-state index in [0.29, 0.717) is 18.4 Å². The van der Waals surface area contributed by atoms with Gasteiger partial charge in [0.2, 0.25) is 0 Å². The van der Waals surface area contributed by atoms with Crippen LogP contribution in [0.2, 0.25) is 0 Å². The third kappa shape index (κ3) is 4.00. The predicted molar refractivity (Wildman–Crippen MR) is 61.0 cm³/mol. The fourth-order valence-electron chi connectivity index (χ4n) is 1.51. The van der Waals surface area contributed by atoms with Crippen molar-refractivity contribution in [2.45, 2.75) is 25.8 Å². The molecule has 1 N–H and O–H groups in total. The fourth-order valence-corrected chi connectivity index (χ4v) is 1.51. The Labute approximate surface area is 94.9 Å². The molecule has 0 aliphatic carbocycles. The van der Waals surface area contributed by atoms with Crippen molar-refractivity contribution < 1.29 is 8.78 Å². The highest BCUT2D eigenvalue weighted by atomic mass is 19.1. The van der Waals surface area contributed by atoms with Crippen LogP contribution in [0.4, 0.5) is 8.78 Å². The zero-order valence-corrected chi connectivity index (χ0v) is 9.48. The van der Waals surface area contributed by atoms with Crippen LogP contribution in [0.3, 0.4) is 0 Å². The SMILES string of the molecule is CC#CCC(Cc1cc(F)cc(F)c1)NC. The molecule has 86 valence electrons. The minimum absolute atomic E-state index is 0.119. The van der Waals surface area contributed by atoms with Crippen LogP contribution in [0.1, 0.15) is 18.9 Å². The molecule has 0 amide bonds. The molecule has 0 heterocycles. The summed E-state index contributed by atoms with van der Waals surface area (Å²) >= 11 is 0. The standard InChI is InChI=1S/C13H15F2N/c1-3-4-5-13(16-2)8-10-6-11(14)9-12(15)7-10/h6-7,9,13,16H,5,8H2,1-2H3. The van der Waals surface area contributed by atoms with Gasteiger partial charge in [-0.1, -0.05) is 0 Å². The molecule has 0 spiro atoms. The van der Waals surface area contributed by atoms with Crippen molar-refractivity contribution in [3.05, 3.63) is 35.4 Å². The van der Waals surface area contributed by atoms with Crippen LogP contribution in [-0.4, -0.2) is 13.1 Å². The van der Waals surface area contributed by atoms with E-state index in [1.54, 1.807) is 6.92 Å². The summed E-state index contributed by atoms with van der Waals surface area (Å²) in [5.41, 5.74) is 0.648. The Balaban J connectivity index is 2.72. The first-order chi connectivity index (χ1) is 7.65. The molecule has 3 heteroatoms. The third-order valence-electron chi connectivity index (χ3n) is 2.34. The van der Waals surface area contributed by atoms with Gasteiger partial charge in [-0.15, -0.1) is 11.8 Å². The zero-order valence-electron chi connectivity index (χ0n) is 9.48. The van der Waals surface area contributed by atoms with E-state index in [1.807, 2.05) is 7.05 Å². The number of nitrogens with one attached hydrogen (secondary N) is 1. The zero-order chi connectivity index (χ0) is 12.0. The Bertz CT molecular complexity index is 384. The Morgan fingerprint density at radius 2 is 1.88 bits per heavy atom. The van der Waals surface area contributed by atoms with Gasteiger partial charge in [-0.3, -0.25) is 0 Å². The molecule has 0 saturated carbocycles. The Hall–Kier alpha value is -1.40. The lowest BCUT2D eigenvalue weighted by Crippen LogP contribution is -2.27. The van der Waals surface area contributed by atoms with Crippen LogP contribution >= 0.6 is 0 Å². The average molecular weight is 223 g/mol.